The monoisotopic (exact) mass is 542 g/mol. The van der Waals surface area contributed by atoms with Crippen molar-refractivity contribution < 1.29 is 27.1 Å². The van der Waals surface area contributed by atoms with Crippen molar-refractivity contribution in [1.29, 1.82) is 0 Å². The molecule has 8 heteroatoms. The first-order valence-electron chi connectivity index (χ1n) is 13.1. The maximum Gasteiger partial charge on any atom is 0.416 e. The molecule has 3 aromatic rings. The molecule has 1 amide bonds. The van der Waals surface area contributed by atoms with Gasteiger partial charge in [0.2, 0.25) is 0 Å². The summed E-state index contributed by atoms with van der Waals surface area (Å²) in [7, 11) is 1.59. The van der Waals surface area contributed by atoms with Crippen LogP contribution in [0.1, 0.15) is 46.8 Å². The lowest BCUT2D eigenvalue weighted by Gasteiger charge is -2.30. The van der Waals surface area contributed by atoms with Gasteiger partial charge in [-0.05, 0) is 65.4 Å². The van der Waals surface area contributed by atoms with E-state index < -0.39 is 17.6 Å². The normalized spacial score (nSPS) is 17.9. The first-order valence-corrected chi connectivity index (χ1v) is 13.1. The molecule has 208 valence electrons. The van der Waals surface area contributed by atoms with Crippen molar-refractivity contribution in [3.05, 3.63) is 101 Å². The number of alkyl halides is 3. The van der Waals surface area contributed by atoms with Crippen molar-refractivity contribution >= 4 is 5.91 Å². The van der Waals surface area contributed by atoms with Crippen LogP contribution in [0.25, 0.3) is 0 Å². The number of ether oxygens (including phenoxy) is 1. The lowest BCUT2D eigenvalue weighted by atomic mass is 9.88. The topological polar surface area (TPSA) is 32.8 Å². The molecular formula is C31H34F4N2O2. The Morgan fingerprint density at radius 1 is 1.03 bits per heavy atom. The third-order valence-electron chi connectivity index (χ3n) is 7.17. The average Bonchev–Trinajstić information content (AvgIpc) is 3.29. The quantitative estimate of drug-likeness (QED) is 0.277. The summed E-state index contributed by atoms with van der Waals surface area (Å²) in [5, 5.41) is 0. The van der Waals surface area contributed by atoms with Crippen LogP contribution in [-0.4, -0.2) is 49.0 Å². The molecule has 1 fully saturated rings. The van der Waals surface area contributed by atoms with Gasteiger partial charge in [-0.2, -0.15) is 13.2 Å². The zero-order valence-corrected chi connectivity index (χ0v) is 22.4. The molecular weight excluding hydrogens is 508 g/mol. The van der Waals surface area contributed by atoms with E-state index in [9.17, 15) is 22.4 Å². The lowest BCUT2D eigenvalue weighted by molar-refractivity contribution is -0.138. The maximum atomic E-state index is 13.7. The van der Waals surface area contributed by atoms with Crippen molar-refractivity contribution in [1.82, 2.24) is 9.80 Å². The number of carbonyl (C=O) groups excluding carboxylic acids is 1. The number of hydrogen-bond donors (Lipinski definition) is 0. The number of nitrogens with zero attached hydrogens (tertiary/aromatic N) is 2. The predicted octanol–water partition coefficient (Wildman–Crippen LogP) is 6.87. The van der Waals surface area contributed by atoms with Crippen LogP contribution in [0.2, 0.25) is 0 Å². The number of carbonyl (C=O) groups is 1. The minimum absolute atomic E-state index is 0.0196. The third-order valence-corrected chi connectivity index (χ3v) is 7.17. The summed E-state index contributed by atoms with van der Waals surface area (Å²) in [5.74, 6) is 0.251. The highest BCUT2D eigenvalue weighted by Crippen LogP contribution is 2.38. The van der Waals surface area contributed by atoms with Crippen molar-refractivity contribution in [2.75, 3.05) is 33.3 Å². The molecule has 0 N–H and O–H groups in total. The maximum absolute atomic E-state index is 13.7. The molecule has 1 aliphatic heterocycles. The van der Waals surface area contributed by atoms with Gasteiger partial charge in [-0.25, -0.2) is 4.39 Å². The number of hydrogen-bond acceptors (Lipinski definition) is 3. The van der Waals surface area contributed by atoms with E-state index in [1.165, 1.54) is 36.4 Å². The molecule has 3 aromatic carbocycles. The molecule has 1 heterocycles. The van der Waals surface area contributed by atoms with Gasteiger partial charge < -0.3 is 9.64 Å². The van der Waals surface area contributed by atoms with Crippen LogP contribution in [0.15, 0.2) is 72.8 Å². The number of halogens is 4. The van der Waals surface area contributed by atoms with Crippen molar-refractivity contribution in [2.24, 2.45) is 11.8 Å². The summed E-state index contributed by atoms with van der Waals surface area (Å²) in [5.41, 5.74) is 1.03. The van der Waals surface area contributed by atoms with E-state index in [0.29, 0.717) is 37.5 Å². The van der Waals surface area contributed by atoms with Crippen molar-refractivity contribution in [3.8, 4) is 5.75 Å². The molecule has 4 rings (SSSR count). The Hall–Kier alpha value is -3.39. The summed E-state index contributed by atoms with van der Waals surface area (Å²) >= 11 is 0. The van der Waals surface area contributed by atoms with E-state index >= 15 is 0 Å². The number of amides is 1. The van der Waals surface area contributed by atoms with E-state index in [1.807, 2.05) is 43.0 Å². The molecule has 0 aliphatic carbocycles. The molecule has 1 aliphatic rings. The number of rotatable bonds is 9. The smallest absolute Gasteiger partial charge is 0.416 e. The van der Waals surface area contributed by atoms with E-state index in [-0.39, 0.29) is 35.8 Å². The third kappa shape index (κ3) is 7.18. The van der Waals surface area contributed by atoms with Gasteiger partial charge in [0.25, 0.3) is 5.91 Å². The minimum Gasteiger partial charge on any atom is -0.497 e. The van der Waals surface area contributed by atoms with Gasteiger partial charge in [-0.3, -0.25) is 9.69 Å². The summed E-state index contributed by atoms with van der Waals surface area (Å²) in [6.07, 6.45) is -4.43. The minimum atomic E-state index is -4.43. The molecule has 2 unspecified atom stereocenters. The number of methoxy groups -OCH3 is 1. The fraction of sp³-hybridized carbons (Fsp3) is 0.387. The molecule has 0 radical (unpaired) electrons. The van der Waals surface area contributed by atoms with Crippen molar-refractivity contribution in [2.45, 2.75) is 32.5 Å². The average molecular weight is 543 g/mol. The Kier molecular flexibility index (Phi) is 8.95. The lowest BCUT2D eigenvalue weighted by Crippen LogP contribution is -2.39. The van der Waals surface area contributed by atoms with E-state index in [1.54, 1.807) is 18.1 Å². The summed E-state index contributed by atoms with van der Waals surface area (Å²) in [6.45, 7) is 6.22. The zero-order chi connectivity index (χ0) is 28.2. The van der Waals surface area contributed by atoms with Gasteiger partial charge >= 0.3 is 6.18 Å². The summed E-state index contributed by atoms with van der Waals surface area (Å²) in [4.78, 5) is 17.3. The van der Waals surface area contributed by atoms with Gasteiger partial charge in [0, 0.05) is 44.2 Å². The van der Waals surface area contributed by atoms with Gasteiger partial charge in [0.05, 0.1) is 12.7 Å². The molecule has 4 nitrogen and oxygen atoms in total. The Bertz CT molecular complexity index is 1260. The van der Waals surface area contributed by atoms with Crippen LogP contribution >= 0.6 is 0 Å². The van der Waals surface area contributed by atoms with Gasteiger partial charge in [0.15, 0.2) is 0 Å². The first kappa shape index (κ1) is 28.6. The summed E-state index contributed by atoms with van der Waals surface area (Å²) < 4.78 is 60.0. The Labute approximate surface area is 227 Å². The molecule has 0 saturated carbocycles. The van der Waals surface area contributed by atoms with Crippen LogP contribution in [0.5, 0.6) is 5.75 Å². The Morgan fingerprint density at radius 3 is 2.41 bits per heavy atom. The van der Waals surface area contributed by atoms with E-state index in [2.05, 4.69) is 0 Å². The molecule has 0 bridgehead atoms. The zero-order valence-electron chi connectivity index (χ0n) is 22.4. The van der Waals surface area contributed by atoms with Crippen LogP contribution in [0.4, 0.5) is 17.6 Å². The van der Waals surface area contributed by atoms with Crippen LogP contribution in [-0.2, 0) is 12.7 Å². The largest absolute Gasteiger partial charge is 0.497 e. The second-order valence-electron chi connectivity index (χ2n) is 10.6. The van der Waals surface area contributed by atoms with E-state index in [0.717, 1.165) is 11.6 Å². The fourth-order valence-electron chi connectivity index (χ4n) is 5.44. The molecule has 39 heavy (non-hydrogen) atoms. The van der Waals surface area contributed by atoms with Gasteiger partial charge in [0.1, 0.15) is 11.6 Å². The second-order valence-corrected chi connectivity index (χ2v) is 10.6. The fourth-order valence-corrected chi connectivity index (χ4v) is 5.44. The van der Waals surface area contributed by atoms with Crippen molar-refractivity contribution in [3.63, 3.8) is 0 Å². The predicted molar refractivity (Wildman–Crippen MR) is 143 cm³/mol. The molecule has 0 spiro atoms. The van der Waals surface area contributed by atoms with Crippen LogP contribution in [0.3, 0.4) is 0 Å². The van der Waals surface area contributed by atoms with Gasteiger partial charge in [-0.1, -0.05) is 44.2 Å². The Balaban J connectivity index is 1.63. The second kappa shape index (κ2) is 12.2. The van der Waals surface area contributed by atoms with E-state index in [4.69, 9.17) is 4.74 Å². The SMILES string of the molecule is COc1cccc(C2CN(Cc3ccccc3C(F)(F)F)CC2CN(CC(C)C)C(=O)c2ccc(F)cc2)c1. The highest BCUT2D eigenvalue weighted by atomic mass is 19.4. The first-order chi connectivity index (χ1) is 18.5. The summed E-state index contributed by atoms with van der Waals surface area (Å²) in [6, 6.07) is 18.9. The van der Waals surface area contributed by atoms with Crippen LogP contribution in [0, 0.1) is 17.7 Å². The van der Waals surface area contributed by atoms with Gasteiger partial charge in [-0.15, -0.1) is 0 Å². The standard InChI is InChI=1S/C31H34F4N2O2/c1-21(2)16-37(30(38)22-11-13-26(32)14-12-22)19-25-18-36(17-24-7-4-5-10-29(24)31(33,34)35)20-28(25)23-8-6-9-27(15-23)39-3/h4-15,21,25,28H,16-20H2,1-3H3. The Morgan fingerprint density at radius 2 is 1.74 bits per heavy atom. The molecule has 0 aromatic heterocycles. The number of benzene rings is 3. The highest BCUT2D eigenvalue weighted by Gasteiger charge is 2.38. The highest BCUT2D eigenvalue weighted by molar-refractivity contribution is 5.94. The van der Waals surface area contributed by atoms with Crippen LogP contribution < -0.4 is 4.74 Å². The molecule has 2 atom stereocenters. The molecule has 1 saturated heterocycles. The number of likely N-dealkylation sites (tertiary alicyclic amines) is 1.